The second-order valence-electron chi connectivity index (χ2n) is 5.37. The molecule has 0 spiro atoms. The van der Waals surface area contributed by atoms with Crippen molar-refractivity contribution in [3.05, 3.63) is 58.7 Å². The van der Waals surface area contributed by atoms with Crippen molar-refractivity contribution in [2.75, 3.05) is 0 Å². The Bertz CT molecular complexity index is 534. The van der Waals surface area contributed by atoms with Gasteiger partial charge in [-0.3, -0.25) is 0 Å². The van der Waals surface area contributed by atoms with Gasteiger partial charge in [-0.15, -0.1) is 0 Å². The van der Waals surface area contributed by atoms with Crippen molar-refractivity contribution in [2.45, 2.75) is 39.5 Å². The third-order valence-electron chi connectivity index (χ3n) is 3.78. The van der Waals surface area contributed by atoms with Crippen LogP contribution < -0.4 is 0 Å². The van der Waals surface area contributed by atoms with Crippen molar-refractivity contribution < 1.29 is 10.2 Å². The van der Waals surface area contributed by atoms with Crippen LogP contribution in [0.2, 0.25) is 0 Å². The number of para-hydroxylation sites is 2. The maximum Gasteiger partial charge on any atom is 0.121 e. The number of phenols is 2. The second kappa shape index (κ2) is 6.47. The smallest absolute Gasteiger partial charge is 0.121 e. The number of unbranched alkanes of at least 4 members (excludes halogenated alkanes) is 1. The fourth-order valence-electron chi connectivity index (χ4n) is 2.47. The highest BCUT2D eigenvalue weighted by molar-refractivity contribution is 5.40. The summed E-state index contributed by atoms with van der Waals surface area (Å²) in [6, 6.07) is 11.8. The van der Waals surface area contributed by atoms with Gasteiger partial charge in [0.1, 0.15) is 11.5 Å². The molecule has 20 heavy (non-hydrogen) atoms. The fraction of sp³-hybridized carbons (Fsp3) is 0.333. The number of benzene rings is 2. The lowest BCUT2D eigenvalue weighted by molar-refractivity contribution is 0.459. The van der Waals surface area contributed by atoms with Crippen molar-refractivity contribution >= 4 is 0 Å². The molecular formula is C18H22O2. The fourth-order valence-corrected chi connectivity index (χ4v) is 2.47. The lowest BCUT2D eigenvalue weighted by Gasteiger charge is -2.08. The van der Waals surface area contributed by atoms with Crippen molar-refractivity contribution in [1.82, 2.24) is 0 Å². The molecule has 0 aliphatic rings. The number of phenolic OH excluding ortho intramolecular Hbond substituents is 2. The molecule has 0 saturated carbocycles. The summed E-state index contributed by atoms with van der Waals surface area (Å²) in [5.41, 5.74) is 3.88. The highest BCUT2D eigenvalue weighted by Gasteiger charge is 2.05. The molecule has 0 aliphatic carbocycles. The first kappa shape index (κ1) is 14.4. The summed E-state index contributed by atoms with van der Waals surface area (Å²) < 4.78 is 0. The number of aryl methyl sites for hydroxylation is 4. The molecule has 2 aromatic carbocycles. The zero-order valence-electron chi connectivity index (χ0n) is 12.2. The first-order valence-electron chi connectivity index (χ1n) is 7.14. The Morgan fingerprint density at radius 1 is 0.700 bits per heavy atom. The van der Waals surface area contributed by atoms with Gasteiger partial charge in [0.05, 0.1) is 0 Å². The second-order valence-corrected chi connectivity index (χ2v) is 5.37. The predicted molar refractivity (Wildman–Crippen MR) is 82.3 cm³/mol. The van der Waals surface area contributed by atoms with E-state index in [0.29, 0.717) is 11.5 Å². The molecule has 0 amide bonds. The lowest BCUT2D eigenvalue weighted by atomic mass is 10.00. The van der Waals surface area contributed by atoms with Gasteiger partial charge < -0.3 is 10.2 Å². The molecule has 0 saturated heterocycles. The Kier molecular flexibility index (Phi) is 4.67. The van der Waals surface area contributed by atoms with Gasteiger partial charge in [0.15, 0.2) is 0 Å². The molecule has 2 N–H and O–H groups in total. The zero-order valence-corrected chi connectivity index (χ0v) is 12.2. The first-order valence-corrected chi connectivity index (χ1v) is 7.14. The summed E-state index contributed by atoms with van der Waals surface area (Å²) in [6.45, 7) is 3.84. The Hall–Kier alpha value is -1.96. The third kappa shape index (κ3) is 3.32. The lowest BCUT2D eigenvalue weighted by Crippen LogP contribution is -1.92. The Morgan fingerprint density at radius 2 is 1.10 bits per heavy atom. The SMILES string of the molecule is Cc1cccc(CCCCc2cccc(C)c2O)c1O. The number of hydrogen-bond acceptors (Lipinski definition) is 2. The quantitative estimate of drug-likeness (QED) is 0.796. The van der Waals surface area contributed by atoms with Crippen LogP contribution >= 0.6 is 0 Å². The predicted octanol–water partition coefficient (Wildman–Crippen LogP) is 4.28. The Balaban J connectivity index is 1.88. The van der Waals surface area contributed by atoms with E-state index in [0.717, 1.165) is 47.9 Å². The standard InChI is InChI=1S/C18H22O2/c1-13-7-5-11-15(17(13)19)9-3-4-10-16-12-6-8-14(2)18(16)20/h5-8,11-12,19-20H,3-4,9-10H2,1-2H3. The topological polar surface area (TPSA) is 40.5 Å². The Morgan fingerprint density at radius 3 is 1.50 bits per heavy atom. The van der Waals surface area contributed by atoms with Crippen LogP contribution in [0.25, 0.3) is 0 Å². The number of rotatable bonds is 5. The minimum Gasteiger partial charge on any atom is -0.507 e. The average molecular weight is 270 g/mol. The summed E-state index contributed by atoms with van der Waals surface area (Å²) >= 11 is 0. The molecule has 2 rings (SSSR count). The zero-order chi connectivity index (χ0) is 14.5. The van der Waals surface area contributed by atoms with Gasteiger partial charge in [0.25, 0.3) is 0 Å². The monoisotopic (exact) mass is 270 g/mol. The average Bonchev–Trinajstić information content (AvgIpc) is 2.43. The molecule has 2 aromatic rings. The maximum atomic E-state index is 9.95. The van der Waals surface area contributed by atoms with E-state index in [1.807, 2.05) is 50.2 Å². The third-order valence-corrected chi connectivity index (χ3v) is 3.78. The molecule has 0 radical (unpaired) electrons. The van der Waals surface area contributed by atoms with E-state index in [1.54, 1.807) is 0 Å². The highest BCUT2D eigenvalue weighted by atomic mass is 16.3. The summed E-state index contributed by atoms with van der Waals surface area (Å²) in [5, 5.41) is 19.9. The molecule has 0 unspecified atom stereocenters. The van der Waals surface area contributed by atoms with Crippen LogP contribution in [0.3, 0.4) is 0 Å². The van der Waals surface area contributed by atoms with Gasteiger partial charge in [-0.1, -0.05) is 36.4 Å². The van der Waals surface area contributed by atoms with Crippen LogP contribution in [0.4, 0.5) is 0 Å². The molecule has 106 valence electrons. The Labute approximate surface area is 120 Å². The van der Waals surface area contributed by atoms with Gasteiger partial charge in [0.2, 0.25) is 0 Å². The minimum absolute atomic E-state index is 0.422. The van der Waals surface area contributed by atoms with Crippen molar-refractivity contribution in [2.24, 2.45) is 0 Å². The molecule has 2 heteroatoms. The molecule has 0 bridgehead atoms. The van der Waals surface area contributed by atoms with E-state index in [-0.39, 0.29) is 0 Å². The van der Waals surface area contributed by atoms with E-state index in [9.17, 15) is 10.2 Å². The summed E-state index contributed by atoms with van der Waals surface area (Å²) in [4.78, 5) is 0. The highest BCUT2D eigenvalue weighted by Crippen LogP contribution is 2.25. The molecule has 0 fully saturated rings. The van der Waals surface area contributed by atoms with Gasteiger partial charge in [-0.25, -0.2) is 0 Å². The van der Waals surface area contributed by atoms with Crippen LogP contribution in [0, 0.1) is 13.8 Å². The number of aromatic hydroxyl groups is 2. The first-order chi connectivity index (χ1) is 9.59. The van der Waals surface area contributed by atoms with Gasteiger partial charge >= 0.3 is 0 Å². The van der Waals surface area contributed by atoms with E-state index in [1.165, 1.54) is 0 Å². The van der Waals surface area contributed by atoms with Crippen molar-refractivity contribution in [3.63, 3.8) is 0 Å². The number of hydrogen-bond donors (Lipinski definition) is 2. The molecule has 0 atom stereocenters. The largest absolute Gasteiger partial charge is 0.507 e. The van der Waals surface area contributed by atoms with E-state index >= 15 is 0 Å². The summed E-state index contributed by atoms with van der Waals surface area (Å²) in [5.74, 6) is 0.844. The van der Waals surface area contributed by atoms with E-state index in [4.69, 9.17) is 0 Å². The van der Waals surface area contributed by atoms with Crippen LogP contribution in [0.5, 0.6) is 11.5 Å². The van der Waals surface area contributed by atoms with Crippen molar-refractivity contribution in [1.29, 1.82) is 0 Å². The molecule has 0 aromatic heterocycles. The molecule has 2 nitrogen and oxygen atoms in total. The van der Waals surface area contributed by atoms with Crippen molar-refractivity contribution in [3.8, 4) is 11.5 Å². The van der Waals surface area contributed by atoms with E-state index in [2.05, 4.69) is 0 Å². The van der Waals surface area contributed by atoms with Gasteiger partial charge in [-0.05, 0) is 61.8 Å². The van der Waals surface area contributed by atoms with Crippen LogP contribution in [-0.4, -0.2) is 10.2 Å². The normalized spacial score (nSPS) is 10.7. The summed E-state index contributed by atoms with van der Waals surface area (Å²) in [6.07, 6.45) is 3.76. The minimum atomic E-state index is 0.422. The maximum absolute atomic E-state index is 9.95. The van der Waals surface area contributed by atoms with Crippen LogP contribution in [0.1, 0.15) is 35.1 Å². The molecular weight excluding hydrogens is 248 g/mol. The van der Waals surface area contributed by atoms with E-state index < -0.39 is 0 Å². The molecule has 0 aliphatic heterocycles. The van der Waals surface area contributed by atoms with Gasteiger partial charge in [0, 0.05) is 0 Å². The van der Waals surface area contributed by atoms with Crippen LogP contribution in [0.15, 0.2) is 36.4 Å². The van der Waals surface area contributed by atoms with Gasteiger partial charge in [-0.2, -0.15) is 0 Å². The molecule has 0 heterocycles. The van der Waals surface area contributed by atoms with Crippen LogP contribution in [-0.2, 0) is 12.8 Å². The summed E-state index contributed by atoms with van der Waals surface area (Å²) in [7, 11) is 0.